The fourth-order valence-electron chi connectivity index (χ4n) is 3.59. The zero-order valence-electron chi connectivity index (χ0n) is 21.4. The van der Waals surface area contributed by atoms with Crippen LogP contribution in [0.25, 0.3) is 0 Å². The molecule has 0 fully saturated rings. The topological polar surface area (TPSA) is 111 Å². The van der Waals surface area contributed by atoms with Crippen LogP contribution in [0, 0.1) is 5.92 Å². The predicted molar refractivity (Wildman–Crippen MR) is 128 cm³/mol. The van der Waals surface area contributed by atoms with Gasteiger partial charge in [-0.3, -0.25) is 14.4 Å². The molecule has 0 aromatic heterocycles. The number of esters is 2. The number of carbonyl (C=O) groups is 4. The predicted octanol–water partition coefficient (Wildman–Crippen LogP) is 4.05. The van der Waals surface area contributed by atoms with Crippen molar-refractivity contribution in [2.24, 2.45) is 5.92 Å². The summed E-state index contributed by atoms with van der Waals surface area (Å²) in [5, 5.41) is 5.44. The summed E-state index contributed by atoms with van der Waals surface area (Å²) in [6.07, 6.45) is 11.4. The quantitative estimate of drug-likeness (QED) is 0.218. The standard InChI is InChI=1S/C25H46N2O6/c1-6-7-8-9-10-11-12-13-14-15-22(28)26-21(18-19(2)3)24(30)27-20(25(31)33-5)16-17-23(29)32-4/h19-21H,6-18H2,1-5H3,(H,26,28)(H,27,30)/t20-,21-/m0/s1. The van der Waals surface area contributed by atoms with E-state index >= 15 is 0 Å². The minimum atomic E-state index is -0.981. The maximum atomic E-state index is 12.8. The molecule has 2 atom stereocenters. The average molecular weight is 471 g/mol. The first kappa shape index (κ1) is 30.9. The van der Waals surface area contributed by atoms with Crippen molar-refractivity contribution in [3.8, 4) is 0 Å². The summed E-state index contributed by atoms with van der Waals surface area (Å²) >= 11 is 0. The van der Waals surface area contributed by atoms with Crippen molar-refractivity contribution in [3.63, 3.8) is 0 Å². The maximum absolute atomic E-state index is 12.8. The normalized spacial score (nSPS) is 12.7. The van der Waals surface area contributed by atoms with Crippen molar-refractivity contribution >= 4 is 23.8 Å². The lowest BCUT2D eigenvalue weighted by Gasteiger charge is -2.23. The number of ether oxygens (including phenoxy) is 2. The van der Waals surface area contributed by atoms with E-state index in [4.69, 9.17) is 4.74 Å². The van der Waals surface area contributed by atoms with Crippen LogP contribution in [0.1, 0.15) is 104 Å². The zero-order chi connectivity index (χ0) is 25.1. The Morgan fingerprint density at radius 3 is 1.82 bits per heavy atom. The fourth-order valence-corrected chi connectivity index (χ4v) is 3.59. The Balaban J connectivity index is 4.58. The van der Waals surface area contributed by atoms with Crippen molar-refractivity contribution in [1.29, 1.82) is 0 Å². The largest absolute Gasteiger partial charge is 0.469 e. The van der Waals surface area contributed by atoms with Crippen LogP contribution in [0.4, 0.5) is 0 Å². The van der Waals surface area contributed by atoms with Gasteiger partial charge in [0.05, 0.1) is 14.2 Å². The summed E-state index contributed by atoms with van der Waals surface area (Å²) in [6, 6.07) is -1.73. The van der Waals surface area contributed by atoms with Gasteiger partial charge in [0.25, 0.3) is 0 Å². The second-order valence-corrected chi connectivity index (χ2v) is 9.03. The number of hydrogen-bond donors (Lipinski definition) is 2. The molecule has 0 aliphatic carbocycles. The number of carbonyl (C=O) groups excluding carboxylic acids is 4. The molecule has 0 saturated carbocycles. The monoisotopic (exact) mass is 470 g/mol. The van der Waals surface area contributed by atoms with E-state index in [1.54, 1.807) is 0 Å². The van der Waals surface area contributed by atoms with Gasteiger partial charge in [0.2, 0.25) is 11.8 Å². The fraction of sp³-hybridized carbons (Fsp3) is 0.840. The lowest BCUT2D eigenvalue weighted by atomic mass is 10.0. The van der Waals surface area contributed by atoms with E-state index in [1.165, 1.54) is 52.7 Å². The van der Waals surface area contributed by atoms with E-state index in [0.29, 0.717) is 12.8 Å². The lowest BCUT2D eigenvalue weighted by molar-refractivity contribution is -0.146. The first-order valence-electron chi connectivity index (χ1n) is 12.5. The third-order valence-electron chi connectivity index (χ3n) is 5.53. The molecule has 0 spiro atoms. The second kappa shape index (κ2) is 19.4. The van der Waals surface area contributed by atoms with Crippen LogP contribution in [0.2, 0.25) is 0 Å². The van der Waals surface area contributed by atoms with E-state index in [0.717, 1.165) is 19.3 Å². The van der Waals surface area contributed by atoms with Gasteiger partial charge in [0.1, 0.15) is 12.1 Å². The van der Waals surface area contributed by atoms with Gasteiger partial charge in [-0.25, -0.2) is 4.79 Å². The van der Waals surface area contributed by atoms with Crippen LogP contribution in [0.5, 0.6) is 0 Å². The smallest absolute Gasteiger partial charge is 0.328 e. The summed E-state index contributed by atoms with van der Waals surface area (Å²) in [5.74, 6) is -1.57. The van der Waals surface area contributed by atoms with E-state index in [2.05, 4.69) is 22.3 Å². The van der Waals surface area contributed by atoms with Gasteiger partial charge in [-0.1, -0.05) is 72.1 Å². The minimum absolute atomic E-state index is 0.0314. The highest BCUT2D eigenvalue weighted by molar-refractivity contribution is 5.90. The van der Waals surface area contributed by atoms with Gasteiger partial charge in [0, 0.05) is 12.8 Å². The van der Waals surface area contributed by atoms with Crippen molar-refractivity contribution in [2.75, 3.05) is 14.2 Å². The number of amides is 2. The molecule has 0 aliphatic rings. The molecular weight excluding hydrogens is 424 g/mol. The Kier molecular flexibility index (Phi) is 18.1. The zero-order valence-corrected chi connectivity index (χ0v) is 21.4. The van der Waals surface area contributed by atoms with Crippen LogP contribution in [-0.2, 0) is 28.7 Å². The molecule has 8 heteroatoms. The molecule has 0 rings (SSSR count). The lowest BCUT2D eigenvalue weighted by Crippen LogP contribution is -2.52. The Labute approximate surface area is 199 Å². The molecule has 0 aromatic carbocycles. The molecule has 0 saturated heterocycles. The third kappa shape index (κ3) is 16.2. The van der Waals surface area contributed by atoms with E-state index < -0.39 is 29.9 Å². The first-order chi connectivity index (χ1) is 15.7. The number of nitrogens with one attached hydrogen (secondary N) is 2. The molecule has 0 unspecified atom stereocenters. The average Bonchev–Trinajstić information content (AvgIpc) is 2.78. The third-order valence-corrected chi connectivity index (χ3v) is 5.53. The summed E-state index contributed by atoms with van der Waals surface area (Å²) < 4.78 is 9.34. The number of unbranched alkanes of at least 4 members (excludes halogenated alkanes) is 8. The Bertz CT molecular complexity index is 579. The van der Waals surface area contributed by atoms with Crippen LogP contribution < -0.4 is 10.6 Å². The SMILES string of the molecule is CCCCCCCCCCCC(=O)N[C@@H](CC(C)C)C(=O)N[C@@H](CCC(=O)OC)C(=O)OC. The Morgan fingerprint density at radius 2 is 1.30 bits per heavy atom. The minimum Gasteiger partial charge on any atom is -0.469 e. The molecule has 8 nitrogen and oxygen atoms in total. The van der Waals surface area contributed by atoms with E-state index in [1.807, 2.05) is 13.8 Å². The maximum Gasteiger partial charge on any atom is 0.328 e. The molecule has 0 heterocycles. The summed E-state index contributed by atoms with van der Waals surface area (Å²) in [5.41, 5.74) is 0. The van der Waals surface area contributed by atoms with Crippen LogP contribution in [-0.4, -0.2) is 50.1 Å². The molecule has 0 radical (unpaired) electrons. The molecule has 2 amide bonds. The van der Waals surface area contributed by atoms with Crippen LogP contribution >= 0.6 is 0 Å². The molecule has 2 N–H and O–H groups in total. The molecule has 192 valence electrons. The van der Waals surface area contributed by atoms with Gasteiger partial charge < -0.3 is 20.1 Å². The summed E-state index contributed by atoms with van der Waals surface area (Å²) in [7, 11) is 2.48. The highest BCUT2D eigenvalue weighted by Gasteiger charge is 2.28. The van der Waals surface area contributed by atoms with Gasteiger partial charge in [-0.05, 0) is 25.2 Å². The second-order valence-electron chi connectivity index (χ2n) is 9.03. The van der Waals surface area contributed by atoms with E-state index in [9.17, 15) is 19.2 Å². The van der Waals surface area contributed by atoms with Crippen molar-refractivity contribution < 1.29 is 28.7 Å². The number of methoxy groups -OCH3 is 2. The van der Waals surface area contributed by atoms with Crippen LogP contribution in [0.15, 0.2) is 0 Å². The highest BCUT2D eigenvalue weighted by atomic mass is 16.5. The molecule has 0 bridgehead atoms. The molecule has 0 aliphatic heterocycles. The Morgan fingerprint density at radius 1 is 0.727 bits per heavy atom. The van der Waals surface area contributed by atoms with Gasteiger partial charge in [0.15, 0.2) is 0 Å². The first-order valence-corrected chi connectivity index (χ1v) is 12.5. The van der Waals surface area contributed by atoms with Crippen molar-refractivity contribution in [2.45, 2.75) is 116 Å². The van der Waals surface area contributed by atoms with Gasteiger partial charge in [-0.2, -0.15) is 0 Å². The molecule has 0 aromatic rings. The molecular formula is C25H46N2O6. The molecule has 33 heavy (non-hydrogen) atoms. The van der Waals surface area contributed by atoms with Crippen LogP contribution in [0.3, 0.4) is 0 Å². The highest BCUT2D eigenvalue weighted by Crippen LogP contribution is 2.12. The number of rotatable bonds is 19. The van der Waals surface area contributed by atoms with Gasteiger partial charge in [-0.15, -0.1) is 0 Å². The van der Waals surface area contributed by atoms with Crippen molar-refractivity contribution in [1.82, 2.24) is 10.6 Å². The van der Waals surface area contributed by atoms with Crippen molar-refractivity contribution in [3.05, 3.63) is 0 Å². The van der Waals surface area contributed by atoms with E-state index in [-0.39, 0.29) is 24.7 Å². The van der Waals surface area contributed by atoms with Gasteiger partial charge >= 0.3 is 11.9 Å². The number of hydrogen-bond acceptors (Lipinski definition) is 6. The Hall–Kier alpha value is -2.12. The summed E-state index contributed by atoms with van der Waals surface area (Å²) in [4.78, 5) is 48.7. The summed E-state index contributed by atoms with van der Waals surface area (Å²) in [6.45, 7) is 6.13.